The molecule has 1 N–H and O–H groups in total. The van der Waals surface area contributed by atoms with Crippen molar-refractivity contribution < 1.29 is 23.8 Å². The number of benzene rings is 2. The van der Waals surface area contributed by atoms with E-state index < -0.39 is 24.2 Å². The Morgan fingerprint density at radius 3 is 2.62 bits per heavy atom. The monoisotopic (exact) mass is 288 g/mol. The first-order valence-corrected chi connectivity index (χ1v) is 6.23. The van der Waals surface area contributed by atoms with Crippen molar-refractivity contribution >= 4 is 11.8 Å². The first-order valence-electron chi connectivity index (χ1n) is 6.23. The molecule has 0 amide bonds. The topological polar surface area (TPSA) is 63.6 Å². The number of aryl methyl sites for hydroxylation is 1. The van der Waals surface area contributed by atoms with Gasteiger partial charge < -0.3 is 9.84 Å². The second-order valence-electron chi connectivity index (χ2n) is 4.48. The molecule has 0 aliphatic heterocycles. The largest absolute Gasteiger partial charge is 0.507 e. The third-order valence-electron chi connectivity index (χ3n) is 2.94. The molecular formula is C16H13FO4. The Balaban J connectivity index is 2.04. The van der Waals surface area contributed by atoms with Gasteiger partial charge in [-0.25, -0.2) is 9.18 Å². The molecule has 0 unspecified atom stereocenters. The van der Waals surface area contributed by atoms with Crippen LogP contribution in [0.5, 0.6) is 5.75 Å². The van der Waals surface area contributed by atoms with Crippen LogP contribution < -0.4 is 0 Å². The average Bonchev–Trinajstić information content (AvgIpc) is 2.47. The van der Waals surface area contributed by atoms with E-state index in [0.29, 0.717) is 5.56 Å². The van der Waals surface area contributed by atoms with Gasteiger partial charge in [-0.3, -0.25) is 4.79 Å². The Morgan fingerprint density at radius 1 is 1.19 bits per heavy atom. The quantitative estimate of drug-likeness (QED) is 0.694. The fourth-order valence-corrected chi connectivity index (χ4v) is 1.78. The Kier molecular flexibility index (Phi) is 4.33. The third kappa shape index (κ3) is 3.45. The van der Waals surface area contributed by atoms with Gasteiger partial charge in [-0.15, -0.1) is 0 Å². The molecule has 0 saturated heterocycles. The molecule has 0 heterocycles. The maximum Gasteiger partial charge on any atom is 0.342 e. The molecule has 21 heavy (non-hydrogen) atoms. The number of carbonyl (C=O) groups is 2. The molecule has 0 saturated carbocycles. The van der Waals surface area contributed by atoms with Crippen molar-refractivity contribution in [2.45, 2.75) is 6.92 Å². The van der Waals surface area contributed by atoms with Crippen LogP contribution in [0.1, 0.15) is 26.3 Å². The summed E-state index contributed by atoms with van der Waals surface area (Å²) in [6.07, 6.45) is 0. The van der Waals surface area contributed by atoms with E-state index >= 15 is 0 Å². The third-order valence-corrected chi connectivity index (χ3v) is 2.94. The lowest BCUT2D eigenvalue weighted by atomic mass is 10.1. The van der Waals surface area contributed by atoms with Crippen molar-refractivity contribution in [2.75, 3.05) is 6.61 Å². The summed E-state index contributed by atoms with van der Waals surface area (Å²) in [5.74, 6) is -2.04. The van der Waals surface area contributed by atoms with E-state index in [0.717, 1.165) is 6.07 Å². The molecule has 0 spiro atoms. The number of ketones is 1. The number of Topliss-reactive ketones (excluding diaryl/α,β-unsaturated/α-hetero) is 1. The Morgan fingerprint density at radius 2 is 1.90 bits per heavy atom. The highest BCUT2D eigenvalue weighted by atomic mass is 19.1. The SMILES string of the molecule is Cc1cccc(C(=O)OCC(=O)c2cccc(F)c2)c1O. The molecule has 5 heteroatoms. The number of phenols is 1. The number of hydrogen-bond acceptors (Lipinski definition) is 4. The number of ether oxygens (including phenoxy) is 1. The minimum absolute atomic E-state index is 0.0120. The van der Waals surface area contributed by atoms with Gasteiger partial charge in [0.05, 0.1) is 0 Å². The Labute approximate surface area is 120 Å². The summed E-state index contributed by atoms with van der Waals surface area (Å²) in [6, 6.07) is 9.76. The summed E-state index contributed by atoms with van der Waals surface area (Å²) in [5, 5.41) is 9.75. The average molecular weight is 288 g/mol. The number of phenolic OH excluding ortho intramolecular Hbond substituents is 1. The second kappa shape index (κ2) is 6.17. The number of rotatable bonds is 4. The molecule has 0 fully saturated rings. The van der Waals surface area contributed by atoms with Gasteiger partial charge in [0.2, 0.25) is 0 Å². The molecule has 4 nitrogen and oxygen atoms in total. The number of hydrogen-bond donors (Lipinski definition) is 1. The zero-order valence-corrected chi connectivity index (χ0v) is 11.3. The van der Waals surface area contributed by atoms with Crippen LogP contribution in [0.15, 0.2) is 42.5 Å². The Hall–Kier alpha value is -2.69. The van der Waals surface area contributed by atoms with E-state index in [2.05, 4.69) is 0 Å². The van der Waals surface area contributed by atoms with Crippen LogP contribution in [0.3, 0.4) is 0 Å². The van der Waals surface area contributed by atoms with Gasteiger partial charge in [-0.05, 0) is 30.7 Å². The molecule has 0 aromatic heterocycles. The summed E-state index contributed by atoms with van der Waals surface area (Å²) in [4.78, 5) is 23.6. The number of aromatic hydroxyl groups is 1. The molecule has 0 aliphatic rings. The first kappa shape index (κ1) is 14.7. The van der Waals surface area contributed by atoms with Gasteiger partial charge in [0.15, 0.2) is 12.4 Å². The van der Waals surface area contributed by atoms with Gasteiger partial charge in [-0.1, -0.05) is 24.3 Å². The maximum atomic E-state index is 13.0. The van der Waals surface area contributed by atoms with Gasteiger partial charge >= 0.3 is 5.97 Å². The predicted molar refractivity (Wildman–Crippen MR) is 73.9 cm³/mol. The van der Waals surface area contributed by atoms with Gasteiger partial charge in [0, 0.05) is 5.56 Å². The number of para-hydroxylation sites is 1. The van der Waals surface area contributed by atoms with Crippen LogP contribution in [0, 0.1) is 12.7 Å². The van der Waals surface area contributed by atoms with Crippen LogP contribution in [-0.4, -0.2) is 23.5 Å². The molecule has 0 aliphatic carbocycles. The summed E-state index contributed by atoms with van der Waals surface area (Å²) in [5.41, 5.74) is 0.638. The van der Waals surface area contributed by atoms with Crippen LogP contribution in [0.4, 0.5) is 4.39 Å². The van der Waals surface area contributed by atoms with Crippen LogP contribution in [0.2, 0.25) is 0 Å². The van der Waals surface area contributed by atoms with Crippen molar-refractivity contribution in [3.05, 3.63) is 65.0 Å². The number of esters is 1. The van der Waals surface area contributed by atoms with Gasteiger partial charge in [-0.2, -0.15) is 0 Å². The van der Waals surface area contributed by atoms with Crippen molar-refractivity contribution in [2.24, 2.45) is 0 Å². The Bertz CT molecular complexity index is 694. The fourth-order valence-electron chi connectivity index (χ4n) is 1.78. The highest BCUT2D eigenvalue weighted by molar-refractivity contribution is 6.00. The van der Waals surface area contributed by atoms with E-state index in [1.54, 1.807) is 19.1 Å². The zero-order chi connectivity index (χ0) is 15.4. The lowest BCUT2D eigenvalue weighted by Gasteiger charge is -2.07. The molecule has 0 bridgehead atoms. The minimum atomic E-state index is -0.805. The first-order chi connectivity index (χ1) is 9.99. The molecule has 2 aromatic rings. The summed E-state index contributed by atoms with van der Waals surface area (Å²) in [6.45, 7) is 1.12. The number of halogens is 1. The molecular weight excluding hydrogens is 275 g/mol. The van der Waals surface area contributed by atoms with Gasteiger partial charge in [0.1, 0.15) is 17.1 Å². The van der Waals surface area contributed by atoms with Crippen molar-refractivity contribution in [3.8, 4) is 5.75 Å². The van der Waals surface area contributed by atoms with E-state index in [9.17, 15) is 19.1 Å². The van der Waals surface area contributed by atoms with Crippen molar-refractivity contribution in [1.82, 2.24) is 0 Å². The summed E-state index contributed by atoms with van der Waals surface area (Å²) < 4.78 is 17.8. The smallest absolute Gasteiger partial charge is 0.342 e. The van der Waals surface area contributed by atoms with Crippen LogP contribution >= 0.6 is 0 Å². The normalized spacial score (nSPS) is 10.2. The lowest BCUT2D eigenvalue weighted by molar-refractivity contribution is 0.0471. The lowest BCUT2D eigenvalue weighted by Crippen LogP contribution is -2.14. The molecule has 2 rings (SSSR count). The molecule has 0 radical (unpaired) electrons. The van der Waals surface area contributed by atoms with Gasteiger partial charge in [0.25, 0.3) is 0 Å². The van der Waals surface area contributed by atoms with E-state index in [1.807, 2.05) is 0 Å². The van der Waals surface area contributed by atoms with Crippen LogP contribution in [-0.2, 0) is 4.74 Å². The summed E-state index contributed by atoms with van der Waals surface area (Å²) in [7, 11) is 0. The highest BCUT2D eigenvalue weighted by Crippen LogP contribution is 2.22. The summed E-state index contributed by atoms with van der Waals surface area (Å²) >= 11 is 0. The maximum absolute atomic E-state index is 13.0. The van der Waals surface area contributed by atoms with E-state index in [4.69, 9.17) is 4.74 Å². The zero-order valence-electron chi connectivity index (χ0n) is 11.3. The highest BCUT2D eigenvalue weighted by Gasteiger charge is 2.16. The second-order valence-corrected chi connectivity index (χ2v) is 4.48. The standard InChI is InChI=1S/C16H13FO4/c1-10-4-2-7-13(15(10)19)16(20)21-9-14(18)11-5-3-6-12(17)8-11/h2-8,19H,9H2,1H3. The molecule has 108 valence electrons. The minimum Gasteiger partial charge on any atom is -0.507 e. The van der Waals surface area contributed by atoms with Crippen molar-refractivity contribution in [1.29, 1.82) is 0 Å². The van der Waals surface area contributed by atoms with Crippen molar-refractivity contribution in [3.63, 3.8) is 0 Å². The molecule has 2 aromatic carbocycles. The van der Waals surface area contributed by atoms with E-state index in [-0.39, 0.29) is 16.9 Å². The number of carbonyl (C=O) groups excluding carboxylic acids is 2. The molecule has 0 atom stereocenters. The van der Waals surface area contributed by atoms with Crippen LogP contribution in [0.25, 0.3) is 0 Å². The fraction of sp³-hybridized carbons (Fsp3) is 0.125. The predicted octanol–water partition coefficient (Wildman–Crippen LogP) is 2.88. The van der Waals surface area contributed by atoms with E-state index in [1.165, 1.54) is 24.3 Å².